The zero-order valence-electron chi connectivity index (χ0n) is 17.3. The smallest absolute Gasteiger partial charge is 0.352 e. The third-order valence-corrected chi connectivity index (χ3v) is 5.86. The Bertz CT molecular complexity index is 1080. The van der Waals surface area contributed by atoms with E-state index in [1.807, 2.05) is 0 Å². The van der Waals surface area contributed by atoms with Crippen molar-refractivity contribution >= 4 is 40.7 Å². The van der Waals surface area contributed by atoms with Gasteiger partial charge >= 0.3 is 11.9 Å². The summed E-state index contributed by atoms with van der Waals surface area (Å²) in [6.07, 6.45) is 0. The molecule has 0 aromatic heterocycles. The number of Topliss-reactive ketones (excluding diaryl/α,β-unsaturated/α-hetero) is 1. The van der Waals surface area contributed by atoms with Crippen molar-refractivity contribution in [2.24, 2.45) is 0 Å². The summed E-state index contributed by atoms with van der Waals surface area (Å²) >= 11 is 5.96. The fourth-order valence-electron chi connectivity index (χ4n) is 4.18. The molecule has 2 fully saturated rings. The van der Waals surface area contributed by atoms with Crippen molar-refractivity contribution in [2.75, 3.05) is 38.3 Å². The number of aliphatic hydroxyl groups excluding tert-OH is 1. The molecular weight excluding hydrogens is 436 g/mol. The van der Waals surface area contributed by atoms with Crippen LogP contribution in [0.4, 0.5) is 5.69 Å². The minimum Gasteiger partial charge on any atom is -0.507 e. The molecule has 0 unspecified atom stereocenters. The highest BCUT2D eigenvalue weighted by Crippen LogP contribution is 2.44. The Hall–Kier alpha value is -3.20. The van der Waals surface area contributed by atoms with Crippen LogP contribution in [0.2, 0.25) is 5.02 Å². The number of nitrogens with zero attached hydrogens (tertiary/aromatic N) is 2. The average Bonchev–Trinajstić information content (AvgIpc) is 3.07. The standard InChI is InChI=1S/C23H21ClN2O6/c1-31-22(30)23(25-11-13-32-14-12-25)18(19(27)15-7-9-16(24)10-8-15)20(28)21(29)26(23)17-5-3-2-4-6-17/h2-10,27H,11-14H2,1H3/t23-/m1/s1. The van der Waals surface area contributed by atoms with Gasteiger partial charge in [0.15, 0.2) is 0 Å². The van der Waals surface area contributed by atoms with E-state index >= 15 is 0 Å². The van der Waals surface area contributed by atoms with Crippen LogP contribution in [0, 0.1) is 0 Å². The highest BCUT2D eigenvalue weighted by Gasteiger charge is 2.66. The third-order valence-electron chi connectivity index (χ3n) is 5.60. The maximum absolute atomic E-state index is 13.5. The number of carbonyl (C=O) groups is 3. The Kier molecular flexibility index (Phi) is 6.01. The van der Waals surface area contributed by atoms with Crippen molar-refractivity contribution in [3.63, 3.8) is 0 Å². The number of amides is 1. The molecule has 2 aliphatic rings. The fraction of sp³-hybridized carbons (Fsp3) is 0.261. The number of ether oxygens (including phenoxy) is 2. The number of esters is 1. The second kappa shape index (κ2) is 8.74. The number of ketones is 1. The molecular formula is C23H21ClN2O6. The zero-order valence-corrected chi connectivity index (χ0v) is 18.0. The SMILES string of the molecule is COC(=O)[C@@]1(N2CCOCC2)C(=C(O)c2ccc(Cl)cc2)C(=O)C(=O)N1c1ccccc1. The number of methoxy groups -OCH3 is 1. The molecule has 0 saturated carbocycles. The molecule has 166 valence electrons. The van der Waals surface area contributed by atoms with Gasteiger partial charge in [-0.3, -0.25) is 19.4 Å². The molecule has 2 aromatic rings. The molecule has 9 heteroatoms. The van der Waals surface area contributed by atoms with Crippen molar-refractivity contribution in [3.8, 4) is 0 Å². The van der Waals surface area contributed by atoms with E-state index < -0.39 is 29.1 Å². The lowest BCUT2D eigenvalue weighted by atomic mass is 9.92. The average molecular weight is 457 g/mol. The zero-order chi connectivity index (χ0) is 22.9. The summed E-state index contributed by atoms with van der Waals surface area (Å²) in [5.74, 6) is -3.28. The van der Waals surface area contributed by atoms with Gasteiger partial charge in [0.05, 0.1) is 20.3 Å². The first-order valence-corrected chi connectivity index (χ1v) is 10.4. The lowest BCUT2D eigenvalue weighted by Gasteiger charge is -2.45. The molecule has 2 aliphatic heterocycles. The highest BCUT2D eigenvalue weighted by atomic mass is 35.5. The first-order chi connectivity index (χ1) is 15.4. The lowest BCUT2D eigenvalue weighted by Crippen LogP contribution is -2.67. The van der Waals surface area contributed by atoms with E-state index in [0.717, 1.165) is 4.90 Å². The van der Waals surface area contributed by atoms with Gasteiger partial charge < -0.3 is 14.6 Å². The molecule has 0 radical (unpaired) electrons. The van der Waals surface area contributed by atoms with Crippen LogP contribution >= 0.6 is 11.6 Å². The Morgan fingerprint density at radius 2 is 1.69 bits per heavy atom. The van der Waals surface area contributed by atoms with Gasteiger partial charge in [-0.15, -0.1) is 0 Å². The van der Waals surface area contributed by atoms with Crippen molar-refractivity contribution < 1.29 is 29.0 Å². The largest absolute Gasteiger partial charge is 0.507 e. The van der Waals surface area contributed by atoms with Gasteiger partial charge in [0.2, 0.25) is 5.66 Å². The number of benzene rings is 2. The molecule has 1 amide bonds. The second-order valence-corrected chi connectivity index (χ2v) is 7.74. The summed E-state index contributed by atoms with van der Waals surface area (Å²) in [7, 11) is 1.18. The van der Waals surface area contributed by atoms with E-state index in [0.29, 0.717) is 10.7 Å². The van der Waals surface area contributed by atoms with E-state index in [1.54, 1.807) is 47.4 Å². The van der Waals surface area contributed by atoms with Gasteiger partial charge in [-0.1, -0.05) is 29.8 Å². The molecule has 0 bridgehead atoms. The number of rotatable bonds is 4. The number of anilines is 1. The third kappa shape index (κ3) is 3.37. The monoisotopic (exact) mass is 456 g/mol. The van der Waals surface area contributed by atoms with E-state index in [4.69, 9.17) is 21.1 Å². The predicted molar refractivity (Wildman–Crippen MR) is 117 cm³/mol. The minimum atomic E-state index is -2.00. The molecule has 1 N–H and O–H groups in total. The van der Waals surface area contributed by atoms with E-state index in [2.05, 4.69) is 0 Å². The minimum absolute atomic E-state index is 0.233. The van der Waals surface area contributed by atoms with Gasteiger partial charge in [0, 0.05) is 29.4 Å². The van der Waals surface area contributed by atoms with Crippen LogP contribution in [-0.2, 0) is 23.9 Å². The van der Waals surface area contributed by atoms with Crippen LogP contribution in [0.3, 0.4) is 0 Å². The summed E-state index contributed by atoms with van der Waals surface area (Å²) in [5.41, 5.74) is -1.80. The molecule has 0 spiro atoms. The maximum Gasteiger partial charge on any atom is 0.352 e. The van der Waals surface area contributed by atoms with Crippen molar-refractivity contribution in [2.45, 2.75) is 5.66 Å². The number of hydrogen-bond acceptors (Lipinski definition) is 7. The van der Waals surface area contributed by atoms with Crippen LogP contribution in [0.5, 0.6) is 0 Å². The molecule has 8 nitrogen and oxygen atoms in total. The Balaban J connectivity index is 2.05. The lowest BCUT2D eigenvalue weighted by molar-refractivity contribution is -0.155. The summed E-state index contributed by atoms with van der Waals surface area (Å²) < 4.78 is 10.6. The molecule has 1 atom stereocenters. The normalized spacial score (nSPS) is 23.4. The van der Waals surface area contributed by atoms with Gasteiger partial charge in [-0.05, 0) is 36.4 Å². The molecule has 2 heterocycles. The van der Waals surface area contributed by atoms with Crippen molar-refractivity contribution in [1.29, 1.82) is 0 Å². The number of hydrogen-bond donors (Lipinski definition) is 1. The Morgan fingerprint density at radius 1 is 1.06 bits per heavy atom. The topological polar surface area (TPSA) is 96.4 Å². The summed E-state index contributed by atoms with van der Waals surface area (Å²) in [6, 6.07) is 14.5. The summed E-state index contributed by atoms with van der Waals surface area (Å²) in [5, 5.41) is 11.7. The molecule has 2 aromatic carbocycles. The number of morpholine rings is 1. The van der Waals surface area contributed by atoms with Crippen LogP contribution < -0.4 is 4.90 Å². The Labute approximate surface area is 189 Å². The van der Waals surface area contributed by atoms with Crippen molar-refractivity contribution in [3.05, 3.63) is 70.8 Å². The molecule has 2 saturated heterocycles. The van der Waals surface area contributed by atoms with Gasteiger partial charge in [-0.2, -0.15) is 0 Å². The molecule has 32 heavy (non-hydrogen) atoms. The van der Waals surface area contributed by atoms with E-state index in [-0.39, 0.29) is 37.4 Å². The first kappa shape index (κ1) is 22.0. The van der Waals surface area contributed by atoms with Crippen LogP contribution in [0.1, 0.15) is 5.56 Å². The van der Waals surface area contributed by atoms with Gasteiger partial charge in [0.25, 0.3) is 5.78 Å². The van der Waals surface area contributed by atoms with Gasteiger partial charge in [0.1, 0.15) is 11.3 Å². The van der Waals surface area contributed by atoms with E-state index in [9.17, 15) is 19.5 Å². The molecule has 4 rings (SSSR count). The van der Waals surface area contributed by atoms with E-state index in [1.165, 1.54) is 19.2 Å². The Morgan fingerprint density at radius 3 is 2.28 bits per heavy atom. The van der Waals surface area contributed by atoms with Crippen molar-refractivity contribution in [1.82, 2.24) is 4.90 Å². The van der Waals surface area contributed by atoms with Crippen LogP contribution in [-0.4, -0.2) is 66.7 Å². The number of carbonyl (C=O) groups excluding carboxylic acids is 3. The number of aliphatic hydroxyl groups is 1. The quantitative estimate of drug-likeness (QED) is 0.326. The van der Waals surface area contributed by atoms with Crippen LogP contribution in [0.25, 0.3) is 5.76 Å². The predicted octanol–water partition coefficient (Wildman–Crippen LogP) is 2.43. The second-order valence-electron chi connectivity index (χ2n) is 7.30. The highest BCUT2D eigenvalue weighted by molar-refractivity contribution is 6.54. The number of halogens is 1. The fourth-order valence-corrected chi connectivity index (χ4v) is 4.31. The first-order valence-electron chi connectivity index (χ1n) is 9.97. The molecule has 0 aliphatic carbocycles. The maximum atomic E-state index is 13.5. The number of para-hydroxylation sites is 1. The summed E-state index contributed by atoms with van der Waals surface area (Å²) in [6.45, 7) is 1.02. The van der Waals surface area contributed by atoms with Gasteiger partial charge in [-0.25, -0.2) is 4.79 Å². The van der Waals surface area contributed by atoms with Crippen LogP contribution in [0.15, 0.2) is 60.2 Å². The summed E-state index contributed by atoms with van der Waals surface area (Å²) in [4.78, 5) is 42.9.